The molecule has 0 bridgehead atoms. The molecule has 186 valence electrons. The lowest BCUT2D eigenvalue weighted by Crippen LogP contribution is -2.46. The van der Waals surface area contributed by atoms with E-state index in [1.54, 1.807) is 6.92 Å². The Morgan fingerprint density at radius 1 is 1.11 bits per heavy atom. The van der Waals surface area contributed by atoms with Crippen LogP contribution >= 0.6 is 0 Å². The zero-order valence-corrected chi connectivity index (χ0v) is 21.6. The maximum Gasteiger partial charge on any atom is 0.142 e. The Morgan fingerprint density at radius 2 is 1.91 bits per heavy atom. The summed E-state index contributed by atoms with van der Waals surface area (Å²) in [4.78, 5) is 25.2. The molecular weight excluding hydrogens is 432 g/mol. The van der Waals surface area contributed by atoms with Crippen LogP contribution < -0.4 is 4.74 Å². The minimum Gasteiger partial charge on any atom is -0.489 e. The average molecular weight is 473 g/mol. The van der Waals surface area contributed by atoms with Crippen molar-refractivity contribution in [1.29, 1.82) is 0 Å². The van der Waals surface area contributed by atoms with Crippen molar-refractivity contribution in [3.05, 3.63) is 65.2 Å². The van der Waals surface area contributed by atoms with E-state index in [4.69, 9.17) is 4.74 Å². The van der Waals surface area contributed by atoms with Crippen LogP contribution in [-0.4, -0.2) is 11.6 Å². The Kier molecular flexibility index (Phi) is 6.88. The van der Waals surface area contributed by atoms with Crippen molar-refractivity contribution in [3.63, 3.8) is 0 Å². The normalized spacial score (nSPS) is 31.4. The quantitative estimate of drug-likeness (QED) is 0.404. The Labute approximate surface area is 210 Å². The van der Waals surface area contributed by atoms with Gasteiger partial charge in [-0.3, -0.25) is 4.79 Å². The van der Waals surface area contributed by atoms with Gasteiger partial charge in [-0.15, -0.1) is 0 Å². The topological polar surface area (TPSA) is 43.4 Å². The van der Waals surface area contributed by atoms with Crippen LogP contribution in [0.15, 0.2) is 48.5 Å². The number of hydrogen-bond donors (Lipinski definition) is 0. The first kappa shape index (κ1) is 24.3. The van der Waals surface area contributed by atoms with E-state index in [0.717, 1.165) is 37.9 Å². The predicted molar refractivity (Wildman–Crippen MR) is 139 cm³/mol. The van der Waals surface area contributed by atoms with Crippen molar-refractivity contribution in [2.75, 3.05) is 0 Å². The lowest BCUT2D eigenvalue weighted by Gasteiger charge is -2.51. The van der Waals surface area contributed by atoms with Gasteiger partial charge < -0.3 is 9.53 Å². The monoisotopic (exact) mass is 472 g/mol. The molecule has 2 aromatic carbocycles. The van der Waals surface area contributed by atoms with Gasteiger partial charge >= 0.3 is 0 Å². The molecule has 0 radical (unpaired) electrons. The predicted octanol–water partition coefficient (Wildman–Crippen LogP) is 7.31. The molecule has 3 nitrogen and oxygen atoms in total. The Hall–Kier alpha value is -2.42. The van der Waals surface area contributed by atoms with Crippen LogP contribution in [0.5, 0.6) is 5.75 Å². The molecule has 5 rings (SSSR count). The SMILES string of the molecule is CCC[C@@H]1Cc2cc(OCc3ccccc3)ccc2[C@H]2CC[C@]3(C)C(=O)[C@H](CCC(C)=O)C[C@H]3[C@H]12. The van der Waals surface area contributed by atoms with Crippen molar-refractivity contribution in [3.8, 4) is 5.75 Å². The summed E-state index contributed by atoms with van der Waals surface area (Å²) in [5.74, 6) is 3.87. The van der Waals surface area contributed by atoms with Crippen LogP contribution in [0.4, 0.5) is 0 Å². The van der Waals surface area contributed by atoms with Gasteiger partial charge in [0.25, 0.3) is 0 Å². The second-order valence-electron chi connectivity index (χ2n) is 11.7. The van der Waals surface area contributed by atoms with Gasteiger partial charge in [-0.2, -0.15) is 0 Å². The summed E-state index contributed by atoms with van der Waals surface area (Å²) in [6.07, 6.45) is 7.84. The van der Waals surface area contributed by atoms with E-state index >= 15 is 0 Å². The molecule has 0 N–H and O–H groups in total. The zero-order valence-electron chi connectivity index (χ0n) is 21.6. The molecule has 0 heterocycles. The fraction of sp³-hybridized carbons (Fsp3) is 0.562. The lowest BCUT2D eigenvalue weighted by atomic mass is 9.52. The standard InChI is InChI=1S/C32H40O3/c1-4-8-23-17-25-18-26(35-20-22-9-6-5-7-10-22)13-14-27(25)28-15-16-32(3)29(30(23)28)19-24(31(32)34)12-11-21(2)33/h5-7,9-10,13-14,18,23-24,28-30H,4,8,11-12,15-17,19-20H2,1-3H3/t23-,24-,28-,29+,30-,32+/m1/s1. The number of carbonyl (C=O) groups is 2. The Bertz CT molecular complexity index is 1070. The second kappa shape index (κ2) is 9.91. The van der Waals surface area contributed by atoms with E-state index in [1.165, 1.54) is 29.5 Å². The van der Waals surface area contributed by atoms with E-state index < -0.39 is 0 Å². The fourth-order valence-corrected chi connectivity index (χ4v) is 7.82. The second-order valence-corrected chi connectivity index (χ2v) is 11.7. The van der Waals surface area contributed by atoms with Crippen molar-refractivity contribution in [1.82, 2.24) is 0 Å². The van der Waals surface area contributed by atoms with Crippen molar-refractivity contribution < 1.29 is 14.3 Å². The highest BCUT2D eigenvalue weighted by atomic mass is 16.5. The number of Topliss-reactive ketones (excluding diaryl/α,β-unsaturated/α-hetero) is 2. The van der Waals surface area contributed by atoms with Crippen molar-refractivity contribution in [2.24, 2.45) is 29.1 Å². The molecule has 3 heteroatoms. The van der Waals surface area contributed by atoms with Crippen LogP contribution in [0, 0.1) is 29.1 Å². The largest absolute Gasteiger partial charge is 0.489 e. The number of ether oxygens (including phenoxy) is 1. The lowest BCUT2D eigenvalue weighted by molar-refractivity contribution is -0.132. The van der Waals surface area contributed by atoms with E-state index in [0.29, 0.717) is 42.5 Å². The summed E-state index contributed by atoms with van der Waals surface area (Å²) in [5, 5.41) is 0. The number of carbonyl (C=O) groups excluding carboxylic acids is 2. The summed E-state index contributed by atoms with van der Waals surface area (Å²) < 4.78 is 6.18. The first-order chi connectivity index (χ1) is 16.9. The number of rotatable bonds is 8. The highest BCUT2D eigenvalue weighted by Crippen LogP contribution is 2.63. The van der Waals surface area contributed by atoms with E-state index in [1.807, 2.05) is 6.07 Å². The summed E-state index contributed by atoms with van der Waals surface area (Å²) in [7, 11) is 0. The van der Waals surface area contributed by atoms with E-state index in [2.05, 4.69) is 56.3 Å². The third-order valence-electron chi connectivity index (χ3n) is 9.49. The average Bonchev–Trinajstić information content (AvgIpc) is 3.12. The minimum atomic E-state index is -0.204. The summed E-state index contributed by atoms with van der Waals surface area (Å²) >= 11 is 0. The van der Waals surface area contributed by atoms with Crippen LogP contribution in [0.25, 0.3) is 0 Å². The molecule has 3 aliphatic rings. The molecule has 0 amide bonds. The molecule has 0 unspecified atom stereocenters. The minimum absolute atomic E-state index is 0.0742. The van der Waals surface area contributed by atoms with E-state index in [-0.39, 0.29) is 17.1 Å². The molecular formula is C32H40O3. The molecule has 0 saturated heterocycles. The molecule has 0 aromatic heterocycles. The van der Waals surface area contributed by atoms with Gasteiger partial charge in [0.1, 0.15) is 23.9 Å². The molecule has 0 aliphatic heterocycles. The number of ketones is 2. The van der Waals surface area contributed by atoms with Gasteiger partial charge in [0, 0.05) is 17.8 Å². The summed E-state index contributed by atoms with van der Waals surface area (Å²) in [6, 6.07) is 17.1. The van der Waals surface area contributed by atoms with E-state index in [9.17, 15) is 9.59 Å². The third kappa shape index (κ3) is 4.59. The number of benzene rings is 2. The molecule has 35 heavy (non-hydrogen) atoms. The van der Waals surface area contributed by atoms with Gasteiger partial charge in [0.15, 0.2) is 0 Å². The Balaban J connectivity index is 1.40. The van der Waals surface area contributed by atoms with Crippen LogP contribution in [-0.2, 0) is 22.6 Å². The number of hydrogen-bond acceptors (Lipinski definition) is 3. The van der Waals surface area contributed by atoms with Crippen LogP contribution in [0.2, 0.25) is 0 Å². The van der Waals surface area contributed by atoms with Gasteiger partial charge in [-0.05, 0) is 91.5 Å². The van der Waals surface area contributed by atoms with Crippen LogP contribution in [0.1, 0.15) is 88.3 Å². The van der Waals surface area contributed by atoms with Gasteiger partial charge in [0.05, 0.1) is 0 Å². The molecule has 2 saturated carbocycles. The zero-order chi connectivity index (χ0) is 24.6. The van der Waals surface area contributed by atoms with Crippen LogP contribution in [0.3, 0.4) is 0 Å². The van der Waals surface area contributed by atoms with Gasteiger partial charge in [0.2, 0.25) is 0 Å². The molecule has 0 spiro atoms. The highest BCUT2D eigenvalue weighted by Gasteiger charge is 2.59. The van der Waals surface area contributed by atoms with Gasteiger partial charge in [-0.1, -0.05) is 63.1 Å². The fourth-order valence-electron chi connectivity index (χ4n) is 7.82. The first-order valence-electron chi connectivity index (χ1n) is 13.7. The molecule has 2 aromatic rings. The third-order valence-corrected chi connectivity index (χ3v) is 9.49. The van der Waals surface area contributed by atoms with Crippen molar-refractivity contribution in [2.45, 2.75) is 84.7 Å². The molecule has 3 aliphatic carbocycles. The molecule has 6 atom stereocenters. The Morgan fingerprint density at radius 3 is 2.66 bits per heavy atom. The molecule has 2 fully saturated rings. The van der Waals surface area contributed by atoms with Gasteiger partial charge in [-0.25, -0.2) is 0 Å². The first-order valence-corrected chi connectivity index (χ1v) is 13.7. The highest BCUT2D eigenvalue weighted by molar-refractivity contribution is 5.90. The maximum absolute atomic E-state index is 13.6. The van der Waals surface area contributed by atoms with Crippen molar-refractivity contribution >= 4 is 11.6 Å². The maximum atomic E-state index is 13.6. The summed E-state index contributed by atoms with van der Waals surface area (Å²) in [6.45, 7) is 6.79. The smallest absolute Gasteiger partial charge is 0.142 e. The summed E-state index contributed by atoms with van der Waals surface area (Å²) in [5.41, 5.74) is 3.93. The number of fused-ring (bicyclic) bond motifs is 5.